The fourth-order valence-corrected chi connectivity index (χ4v) is 2.03. The summed E-state index contributed by atoms with van der Waals surface area (Å²) in [6.07, 6.45) is 0.755. The summed E-state index contributed by atoms with van der Waals surface area (Å²) in [5.74, 6) is 0. The largest absolute Gasteiger partial charge is 0.314 e. The van der Waals surface area contributed by atoms with Crippen LogP contribution in [-0.2, 0) is 0 Å². The lowest BCUT2D eigenvalue weighted by Gasteiger charge is -2.34. The molecular weight excluding hydrogens is 283 g/mol. The molecule has 0 spiro atoms. The van der Waals surface area contributed by atoms with E-state index < -0.39 is 12.5 Å². The molecule has 1 aromatic heterocycles. The lowest BCUT2D eigenvalue weighted by atomic mass is 10.1. The Kier molecular flexibility index (Phi) is 8.35. The molecule has 0 bridgehead atoms. The van der Waals surface area contributed by atoms with Crippen LogP contribution in [0.2, 0.25) is 0 Å². The van der Waals surface area contributed by atoms with E-state index in [1.165, 1.54) is 6.20 Å². The smallest absolute Gasteiger partial charge is 0.258 e. The van der Waals surface area contributed by atoms with Gasteiger partial charge in [-0.1, -0.05) is 6.07 Å². The number of piperazine rings is 1. The highest BCUT2D eigenvalue weighted by atomic mass is 35.5. The number of hydrogen-bond acceptors (Lipinski definition) is 3. The Labute approximate surface area is 118 Å². The average Bonchev–Trinajstić information content (AvgIpc) is 2.31. The zero-order valence-electron chi connectivity index (χ0n) is 9.76. The molecule has 1 fully saturated rings. The molecule has 0 aromatic carbocycles. The molecule has 18 heavy (non-hydrogen) atoms. The van der Waals surface area contributed by atoms with Crippen LogP contribution in [0.15, 0.2) is 24.5 Å². The highest BCUT2D eigenvalue weighted by molar-refractivity contribution is 5.85. The second-order valence-corrected chi connectivity index (χ2v) is 3.85. The van der Waals surface area contributed by atoms with Crippen molar-refractivity contribution in [2.45, 2.75) is 12.5 Å². The van der Waals surface area contributed by atoms with Gasteiger partial charge in [-0.25, -0.2) is 8.78 Å². The molecule has 2 rings (SSSR count). The van der Waals surface area contributed by atoms with Gasteiger partial charge in [-0.15, -0.1) is 24.8 Å². The van der Waals surface area contributed by atoms with Gasteiger partial charge in [0.1, 0.15) is 0 Å². The quantitative estimate of drug-likeness (QED) is 0.927. The first-order valence-corrected chi connectivity index (χ1v) is 5.42. The summed E-state index contributed by atoms with van der Waals surface area (Å²) in [6, 6.07) is 2.59. The summed E-state index contributed by atoms with van der Waals surface area (Å²) < 4.78 is 26.2. The van der Waals surface area contributed by atoms with Crippen LogP contribution in [0, 0.1) is 0 Å². The minimum atomic E-state index is -2.37. The average molecular weight is 300 g/mol. The van der Waals surface area contributed by atoms with Crippen molar-refractivity contribution in [3.8, 4) is 0 Å². The van der Waals surface area contributed by atoms with Crippen molar-refractivity contribution >= 4 is 24.8 Å². The van der Waals surface area contributed by atoms with Crippen LogP contribution in [0.5, 0.6) is 0 Å². The van der Waals surface area contributed by atoms with Crippen LogP contribution in [0.3, 0.4) is 0 Å². The summed E-state index contributed by atoms with van der Waals surface area (Å²) in [6.45, 7) is 2.85. The first-order valence-electron chi connectivity index (χ1n) is 5.42. The highest BCUT2D eigenvalue weighted by Crippen LogP contribution is 2.26. The van der Waals surface area contributed by atoms with Crippen molar-refractivity contribution in [2.75, 3.05) is 26.2 Å². The number of pyridine rings is 1. The first kappa shape index (κ1) is 17.5. The number of rotatable bonds is 3. The van der Waals surface area contributed by atoms with E-state index >= 15 is 0 Å². The van der Waals surface area contributed by atoms with Crippen molar-refractivity contribution in [1.29, 1.82) is 0 Å². The Bertz CT molecular complexity index is 321. The monoisotopic (exact) mass is 299 g/mol. The SMILES string of the molecule is Cl.Cl.FC(F)[C@@H](c1cccnc1)N1CCNCC1. The maximum atomic E-state index is 13.1. The molecule has 0 amide bonds. The first-order chi connectivity index (χ1) is 7.79. The van der Waals surface area contributed by atoms with Gasteiger partial charge in [0.25, 0.3) is 6.43 Å². The Morgan fingerprint density at radius 2 is 1.89 bits per heavy atom. The van der Waals surface area contributed by atoms with Crippen LogP contribution in [0.25, 0.3) is 0 Å². The molecule has 7 heteroatoms. The molecule has 0 aliphatic carbocycles. The van der Waals surface area contributed by atoms with Crippen molar-refractivity contribution in [3.05, 3.63) is 30.1 Å². The van der Waals surface area contributed by atoms with Gasteiger partial charge in [0.05, 0.1) is 6.04 Å². The van der Waals surface area contributed by atoms with Gasteiger partial charge >= 0.3 is 0 Å². The van der Waals surface area contributed by atoms with Crippen LogP contribution >= 0.6 is 24.8 Å². The molecule has 1 atom stereocenters. The zero-order chi connectivity index (χ0) is 11.4. The van der Waals surface area contributed by atoms with Gasteiger partial charge in [-0.3, -0.25) is 9.88 Å². The number of alkyl halides is 2. The summed E-state index contributed by atoms with van der Waals surface area (Å²) in [5, 5.41) is 3.16. The van der Waals surface area contributed by atoms with E-state index in [0.29, 0.717) is 18.7 Å². The van der Waals surface area contributed by atoms with Crippen LogP contribution < -0.4 is 5.32 Å². The number of aromatic nitrogens is 1. The normalized spacial score (nSPS) is 17.7. The molecule has 104 valence electrons. The molecule has 0 unspecified atom stereocenters. The van der Waals surface area contributed by atoms with Crippen molar-refractivity contribution in [2.24, 2.45) is 0 Å². The molecule has 0 saturated carbocycles. The molecule has 0 radical (unpaired) electrons. The Morgan fingerprint density at radius 3 is 2.39 bits per heavy atom. The fourth-order valence-electron chi connectivity index (χ4n) is 2.03. The summed E-state index contributed by atoms with van der Waals surface area (Å²) in [4.78, 5) is 5.72. The van der Waals surface area contributed by atoms with Crippen LogP contribution in [0.1, 0.15) is 11.6 Å². The van der Waals surface area contributed by atoms with Crippen LogP contribution in [-0.4, -0.2) is 42.5 Å². The van der Waals surface area contributed by atoms with Gasteiger partial charge in [-0.05, 0) is 11.6 Å². The molecule has 1 N–H and O–H groups in total. The predicted molar refractivity (Wildman–Crippen MR) is 71.9 cm³/mol. The topological polar surface area (TPSA) is 28.2 Å². The van der Waals surface area contributed by atoms with E-state index in [1.807, 2.05) is 4.90 Å². The molecule has 3 nitrogen and oxygen atoms in total. The Morgan fingerprint density at radius 1 is 1.22 bits per heavy atom. The third kappa shape index (κ3) is 4.31. The van der Waals surface area contributed by atoms with E-state index in [2.05, 4.69) is 10.3 Å². The lowest BCUT2D eigenvalue weighted by Crippen LogP contribution is -2.46. The molecule has 1 aromatic rings. The molecule has 1 aliphatic heterocycles. The molecule has 1 saturated heterocycles. The van der Waals surface area contributed by atoms with Crippen molar-refractivity contribution in [3.63, 3.8) is 0 Å². The number of halogens is 4. The summed E-state index contributed by atoms with van der Waals surface area (Å²) >= 11 is 0. The second kappa shape index (κ2) is 8.58. The van der Waals surface area contributed by atoms with Crippen LogP contribution in [0.4, 0.5) is 8.78 Å². The van der Waals surface area contributed by atoms with Gasteiger partial charge < -0.3 is 5.32 Å². The number of nitrogens with one attached hydrogen (secondary N) is 1. The fraction of sp³-hybridized carbons (Fsp3) is 0.545. The minimum Gasteiger partial charge on any atom is -0.314 e. The second-order valence-electron chi connectivity index (χ2n) is 3.85. The van der Waals surface area contributed by atoms with Crippen molar-refractivity contribution < 1.29 is 8.78 Å². The lowest BCUT2D eigenvalue weighted by molar-refractivity contribution is 0.0180. The van der Waals surface area contributed by atoms with E-state index in [4.69, 9.17) is 0 Å². The third-order valence-electron chi connectivity index (χ3n) is 2.81. The molecular formula is C11H17Cl2F2N3. The molecule has 1 aliphatic rings. The van der Waals surface area contributed by atoms with E-state index in [1.54, 1.807) is 18.3 Å². The maximum Gasteiger partial charge on any atom is 0.258 e. The van der Waals surface area contributed by atoms with Gasteiger partial charge in [0.2, 0.25) is 0 Å². The Hall–Kier alpha value is -0.490. The van der Waals surface area contributed by atoms with E-state index in [9.17, 15) is 8.78 Å². The van der Waals surface area contributed by atoms with Gasteiger partial charge in [-0.2, -0.15) is 0 Å². The third-order valence-corrected chi connectivity index (χ3v) is 2.81. The minimum absolute atomic E-state index is 0. The zero-order valence-corrected chi connectivity index (χ0v) is 11.4. The predicted octanol–water partition coefficient (Wildman–Crippen LogP) is 2.14. The van der Waals surface area contributed by atoms with Gasteiger partial charge in [0.15, 0.2) is 0 Å². The van der Waals surface area contributed by atoms with Gasteiger partial charge in [0, 0.05) is 38.6 Å². The standard InChI is InChI=1S/C11H15F2N3.2ClH/c12-11(13)10(9-2-1-3-15-8-9)16-6-4-14-5-7-16;;/h1-3,8,10-11,14H,4-7H2;2*1H/t10-;;/m1../s1. The molecule has 2 heterocycles. The van der Waals surface area contributed by atoms with E-state index in [-0.39, 0.29) is 24.8 Å². The highest BCUT2D eigenvalue weighted by Gasteiger charge is 2.29. The Balaban J connectivity index is 0.00000144. The number of hydrogen-bond donors (Lipinski definition) is 1. The van der Waals surface area contributed by atoms with Crippen molar-refractivity contribution in [1.82, 2.24) is 15.2 Å². The maximum absolute atomic E-state index is 13.1. The van der Waals surface area contributed by atoms with E-state index in [0.717, 1.165) is 13.1 Å². The summed E-state index contributed by atoms with van der Waals surface area (Å²) in [7, 11) is 0. The number of nitrogens with zero attached hydrogens (tertiary/aromatic N) is 2. The summed E-state index contributed by atoms with van der Waals surface area (Å²) in [5.41, 5.74) is 0.597.